The first kappa shape index (κ1) is 27.0. The average Bonchev–Trinajstić information content (AvgIpc) is 3.38. The smallest absolute Gasteiger partial charge is 0.309 e. The molecular formula is C27H41NO5S. The highest BCUT2D eigenvalue weighted by Crippen LogP contribution is 2.47. The van der Waals surface area contributed by atoms with Gasteiger partial charge in [0.2, 0.25) is 0 Å². The Hall–Kier alpha value is -1.57. The molecule has 0 aromatic carbocycles. The molecule has 1 saturated heterocycles. The molecule has 7 heteroatoms. The fourth-order valence-electron chi connectivity index (χ4n) is 5.22. The van der Waals surface area contributed by atoms with Crippen LogP contribution in [0.3, 0.4) is 0 Å². The van der Waals surface area contributed by atoms with Crippen LogP contribution in [0.2, 0.25) is 0 Å². The van der Waals surface area contributed by atoms with Gasteiger partial charge in [0.15, 0.2) is 0 Å². The number of fused-ring (bicyclic) bond motifs is 1. The van der Waals surface area contributed by atoms with Gasteiger partial charge in [-0.1, -0.05) is 40.5 Å². The summed E-state index contributed by atoms with van der Waals surface area (Å²) in [6.07, 6.45) is 4.23. The second-order valence-electron chi connectivity index (χ2n) is 11.1. The summed E-state index contributed by atoms with van der Waals surface area (Å²) in [4.78, 5) is 30.6. The Morgan fingerprint density at radius 1 is 1.18 bits per heavy atom. The number of rotatable bonds is 2. The normalized spacial score (nSPS) is 36.0. The van der Waals surface area contributed by atoms with Gasteiger partial charge in [0, 0.05) is 11.3 Å². The van der Waals surface area contributed by atoms with Gasteiger partial charge in [-0.05, 0) is 62.5 Å². The molecule has 2 heterocycles. The third kappa shape index (κ3) is 6.55. The van der Waals surface area contributed by atoms with Crippen LogP contribution in [-0.4, -0.2) is 45.3 Å². The first-order valence-electron chi connectivity index (χ1n) is 12.6. The summed E-state index contributed by atoms with van der Waals surface area (Å²) in [5.74, 6) is -0.234. The summed E-state index contributed by atoms with van der Waals surface area (Å²) in [7, 11) is 0. The highest BCUT2D eigenvalue weighted by Gasteiger charge is 2.43. The van der Waals surface area contributed by atoms with E-state index in [1.165, 1.54) is 0 Å². The van der Waals surface area contributed by atoms with Gasteiger partial charge in [0.25, 0.3) is 0 Å². The maximum Gasteiger partial charge on any atom is 0.309 e. The Morgan fingerprint density at radius 3 is 2.53 bits per heavy atom. The molecule has 190 valence electrons. The summed E-state index contributed by atoms with van der Waals surface area (Å²) in [6.45, 7) is 10.9. The number of hydrogen-bond donors (Lipinski definition) is 2. The van der Waals surface area contributed by atoms with Crippen molar-refractivity contribution >= 4 is 29.2 Å². The Bertz CT molecular complexity index is 907. The van der Waals surface area contributed by atoms with Crippen LogP contribution >= 0.6 is 11.3 Å². The van der Waals surface area contributed by atoms with E-state index in [0.29, 0.717) is 11.8 Å². The van der Waals surface area contributed by atoms with Crippen LogP contribution in [0.25, 0.3) is 6.08 Å². The molecule has 0 spiro atoms. The van der Waals surface area contributed by atoms with Crippen molar-refractivity contribution in [1.82, 2.24) is 4.98 Å². The molecule has 2 N–H and O–H groups in total. The van der Waals surface area contributed by atoms with Crippen molar-refractivity contribution < 1.29 is 24.5 Å². The molecule has 2 fully saturated rings. The van der Waals surface area contributed by atoms with Crippen molar-refractivity contribution in [3.8, 4) is 0 Å². The molecule has 1 aliphatic carbocycles. The number of cyclic esters (lactones) is 1. The number of ether oxygens (including phenoxy) is 1. The summed E-state index contributed by atoms with van der Waals surface area (Å²) in [5.41, 5.74) is 0.639. The van der Waals surface area contributed by atoms with Crippen molar-refractivity contribution in [3.05, 3.63) is 21.7 Å². The topological polar surface area (TPSA) is 96.7 Å². The fraction of sp³-hybridized carbons (Fsp3) is 0.741. The van der Waals surface area contributed by atoms with E-state index in [1.54, 1.807) is 32.1 Å². The van der Waals surface area contributed by atoms with E-state index >= 15 is 0 Å². The number of carbonyl (C=O) groups excluding carboxylic acids is 2. The summed E-state index contributed by atoms with van der Waals surface area (Å²) in [5, 5.41) is 24.6. The minimum atomic E-state index is -1.19. The lowest BCUT2D eigenvalue weighted by molar-refractivity contribution is -0.154. The highest BCUT2D eigenvalue weighted by molar-refractivity contribution is 7.09. The monoisotopic (exact) mass is 491 g/mol. The van der Waals surface area contributed by atoms with Crippen molar-refractivity contribution in [2.75, 3.05) is 0 Å². The van der Waals surface area contributed by atoms with E-state index in [0.717, 1.165) is 48.4 Å². The standard InChI is InChI=1S/C27H41NO5S/c1-15-8-7-9-19-11-20(19)12-22(16(2)10-21-14-34-18(4)28-21)33-24(30)13-23(29)27(5,6)26(32)17(3)25(15)31/h10,14-15,17,19-20,22-23,25,29,31H,7-9,11-13H2,1-6H3/b16-10+/t15-,17+,19-,20?,22?,23-,25-/m0/s1. The first-order chi connectivity index (χ1) is 15.9. The summed E-state index contributed by atoms with van der Waals surface area (Å²) in [6, 6.07) is 0. The SMILES string of the molecule is C/C(=C\c1csc(C)n1)C1CC2C[C@@H]2CCC[C@H](C)[C@H](O)[C@@H](C)C(=O)C(C)(C)[C@@H](O)CC(=O)O1. The number of thiazole rings is 1. The first-order valence-corrected chi connectivity index (χ1v) is 13.5. The van der Waals surface area contributed by atoms with Gasteiger partial charge >= 0.3 is 5.97 Å². The number of ketones is 1. The maximum absolute atomic E-state index is 13.2. The van der Waals surface area contributed by atoms with Crippen LogP contribution in [0.1, 0.15) is 83.8 Å². The molecule has 0 amide bonds. The lowest BCUT2D eigenvalue weighted by Crippen LogP contribution is -2.45. The molecule has 0 bridgehead atoms. The van der Waals surface area contributed by atoms with Crippen LogP contribution in [0.15, 0.2) is 11.0 Å². The zero-order chi connectivity index (χ0) is 25.2. The number of aryl methyl sites for hydroxylation is 1. The zero-order valence-electron chi connectivity index (χ0n) is 21.4. The predicted octanol–water partition coefficient (Wildman–Crippen LogP) is 4.96. The molecule has 34 heavy (non-hydrogen) atoms. The van der Waals surface area contributed by atoms with Gasteiger partial charge in [0.1, 0.15) is 11.9 Å². The van der Waals surface area contributed by atoms with Crippen LogP contribution in [0, 0.1) is 36.0 Å². The number of aromatic nitrogens is 1. The van der Waals surface area contributed by atoms with Gasteiger partial charge in [-0.15, -0.1) is 11.3 Å². The number of aliphatic hydroxyl groups is 2. The number of nitrogens with zero attached hydrogens (tertiary/aromatic N) is 1. The van der Waals surface area contributed by atoms with Crippen LogP contribution in [0.5, 0.6) is 0 Å². The van der Waals surface area contributed by atoms with E-state index in [2.05, 4.69) is 4.98 Å². The number of esters is 1. The lowest BCUT2D eigenvalue weighted by atomic mass is 9.73. The summed E-state index contributed by atoms with van der Waals surface area (Å²) >= 11 is 1.58. The molecular weight excluding hydrogens is 450 g/mol. The highest BCUT2D eigenvalue weighted by atomic mass is 32.1. The molecule has 7 atom stereocenters. The van der Waals surface area contributed by atoms with Crippen molar-refractivity contribution in [2.24, 2.45) is 29.1 Å². The molecule has 6 nitrogen and oxygen atoms in total. The van der Waals surface area contributed by atoms with E-state index in [-0.39, 0.29) is 24.2 Å². The zero-order valence-corrected chi connectivity index (χ0v) is 22.2. The Balaban J connectivity index is 1.81. The molecule has 2 unspecified atom stereocenters. The molecule has 0 radical (unpaired) electrons. The average molecular weight is 492 g/mol. The van der Waals surface area contributed by atoms with E-state index in [9.17, 15) is 19.8 Å². The van der Waals surface area contributed by atoms with Crippen LogP contribution < -0.4 is 0 Å². The van der Waals surface area contributed by atoms with Gasteiger partial charge < -0.3 is 14.9 Å². The van der Waals surface area contributed by atoms with E-state index < -0.39 is 29.5 Å². The van der Waals surface area contributed by atoms with Crippen LogP contribution in [0.4, 0.5) is 0 Å². The molecule has 1 aliphatic heterocycles. The molecule has 2 aliphatic rings. The second-order valence-corrected chi connectivity index (χ2v) is 12.2. The van der Waals surface area contributed by atoms with Gasteiger partial charge in [-0.3, -0.25) is 9.59 Å². The van der Waals surface area contributed by atoms with Crippen molar-refractivity contribution in [3.63, 3.8) is 0 Å². The van der Waals surface area contributed by atoms with Crippen molar-refractivity contribution in [2.45, 2.75) is 98.4 Å². The third-order valence-electron chi connectivity index (χ3n) is 7.95. The minimum absolute atomic E-state index is 0.00135. The number of hydrogen-bond acceptors (Lipinski definition) is 7. The molecule has 1 aromatic rings. The minimum Gasteiger partial charge on any atom is -0.458 e. The summed E-state index contributed by atoms with van der Waals surface area (Å²) < 4.78 is 5.90. The Kier molecular flexibility index (Phi) is 8.75. The number of carbonyl (C=O) groups is 2. The Morgan fingerprint density at radius 2 is 1.88 bits per heavy atom. The lowest BCUT2D eigenvalue weighted by Gasteiger charge is -2.34. The van der Waals surface area contributed by atoms with Crippen LogP contribution in [-0.2, 0) is 14.3 Å². The van der Waals surface area contributed by atoms with E-state index in [4.69, 9.17) is 4.74 Å². The molecule has 1 aromatic heterocycles. The van der Waals surface area contributed by atoms with Gasteiger partial charge in [-0.2, -0.15) is 0 Å². The van der Waals surface area contributed by atoms with E-state index in [1.807, 2.05) is 32.2 Å². The Labute approximate surface area is 207 Å². The third-order valence-corrected chi connectivity index (χ3v) is 8.74. The second kappa shape index (κ2) is 11.0. The largest absolute Gasteiger partial charge is 0.458 e. The van der Waals surface area contributed by atoms with Gasteiger partial charge in [0.05, 0.1) is 34.7 Å². The van der Waals surface area contributed by atoms with Gasteiger partial charge in [-0.25, -0.2) is 4.98 Å². The maximum atomic E-state index is 13.2. The molecule has 3 rings (SSSR count). The predicted molar refractivity (Wildman–Crippen MR) is 134 cm³/mol. The quantitative estimate of drug-likeness (QED) is 0.568. The number of aliphatic hydroxyl groups excluding tert-OH is 2. The van der Waals surface area contributed by atoms with Crippen molar-refractivity contribution in [1.29, 1.82) is 0 Å². The number of Topliss-reactive ketones (excluding diaryl/α,β-unsaturated/α-hetero) is 1. The molecule has 1 saturated carbocycles. The fourth-order valence-corrected chi connectivity index (χ4v) is 5.79.